The smallest absolute Gasteiger partial charge is 0.210 e. The van der Waals surface area contributed by atoms with E-state index in [0.29, 0.717) is 16.0 Å². The van der Waals surface area contributed by atoms with Gasteiger partial charge in [-0.25, -0.2) is 0 Å². The van der Waals surface area contributed by atoms with E-state index in [0.717, 1.165) is 11.8 Å². The van der Waals surface area contributed by atoms with Crippen LogP contribution in [0.15, 0.2) is 27.6 Å². The van der Waals surface area contributed by atoms with Gasteiger partial charge in [-0.05, 0) is 24.6 Å². The Morgan fingerprint density at radius 3 is 2.87 bits per heavy atom. The van der Waals surface area contributed by atoms with E-state index in [1.54, 1.807) is 12.1 Å². The highest BCUT2D eigenvalue weighted by atomic mass is 35.5. The molecule has 0 aliphatic carbocycles. The van der Waals surface area contributed by atoms with Gasteiger partial charge in [0.25, 0.3) is 0 Å². The third kappa shape index (κ3) is 1.49. The minimum atomic E-state index is -0.347. The fourth-order valence-electron chi connectivity index (χ4n) is 1.33. The molecule has 0 amide bonds. The van der Waals surface area contributed by atoms with Crippen LogP contribution in [-0.4, -0.2) is 0 Å². The highest BCUT2D eigenvalue weighted by Crippen LogP contribution is 2.21. The largest absolute Gasteiger partial charge is 0.463 e. The molecule has 2 aromatic rings. The fourth-order valence-corrected chi connectivity index (χ4v) is 1.49. The summed E-state index contributed by atoms with van der Waals surface area (Å²) in [5.41, 5.74) is 0.918. The number of nitrogens with zero attached hydrogens (tertiary/aromatic N) is 1. The predicted octanol–water partition coefficient (Wildman–Crippen LogP) is 2.63. The van der Waals surface area contributed by atoms with E-state index in [9.17, 15) is 4.79 Å². The van der Waals surface area contributed by atoms with Crippen LogP contribution in [0.2, 0.25) is 5.02 Å². The third-order valence-electron chi connectivity index (χ3n) is 2.17. The van der Waals surface area contributed by atoms with Gasteiger partial charge in [0.2, 0.25) is 5.43 Å². The molecule has 3 nitrogen and oxygen atoms in total. The van der Waals surface area contributed by atoms with E-state index >= 15 is 0 Å². The van der Waals surface area contributed by atoms with E-state index in [2.05, 4.69) is 0 Å². The van der Waals surface area contributed by atoms with Gasteiger partial charge < -0.3 is 4.42 Å². The molecule has 1 heterocycles. The molecule has 0 radical (unpaired) electrons. The molecule has 0 bridgehead atoms. The Kier molecular flexibility index (Phi) is 2.22. The summed E-state index contributed by atoms with van der Waals surface area (Å²) in [5, 5.41) is 9.49. The molecular weight excluding hydrogens is 214 g/mol. The molecule has 15 heavy (non-hydrogen) atoms. The maximum Gasteiger partial charge on any atom is 0.210 e. The number of fused-ring (bicyclic) bond motifs is 1. The van der Waals surface area contributed by atoms with Crippen molar-refractivity contribution >= 4 is 22.6 Å². The monoisotopic (exact) mass is 219 g/mol. The average molecular weight is 220 g/mol. The van der Waals surface area contributed by atoms with Crippen LogP contribution >= 0.6 is 11.6 Å². The van der Waals surface area contributed by atoms with Crippen LogP contribution in [0.25, 0.3) is 11.0 Å². The Morgan fingerprint density at radius 2 is 2.20 bits per heavy atom. The SMILES string of the molecule is Cc1cc2occ(C#N)c(=O)c2cc1Cl. The lowest BCUT2D eigenvalue weighted by Gasteiger charge is -2.00. The molecule has 0 N–H and O–H groups in total. The Morgan fingerprint density at radius 1 is 1.47 bits per heavy atom. The van der Waals surface area contributed by atoms with E-state index < -0.39 is 0 Å². The van der Waals surface area contributed by atoms with Crippen molar-refractivity contribution in [1.82, 2.24) is 0 Å². The number of rotatable bonds is 0. The van der Waals surface area contributed by atoms with Crippen LogP contribution in [0.5, 0.6) is 0 Å². The first-order chi connectivity index (χ1) is 7.13. The summed E-state index contributed by atoms with van der Waals surface area (Å²) in [6, 6.07) is 4.98. The zero-order valence-corrected chi connectivity index (χ0v) is 8.63. The van der Waals surface area contributed by atoms with Crippen LogP contribution in [0, 0.1) is 18.3 Å². The second kappa shape index (κ2) is 3.41. The van der Waals surface area contributed by atoms with Gasteiger partial charge in [-0.15, -0.1) is 0 Å². The highest BCUT2D eigenvalue weighted by molar-refractivity contribution is 6.32. The van der Waals surface area contributed by atoms with Gasteiger partial charge >= 0.3 is 0 Å². The van der Waals surface area contributed by atoms with Crippen LogP contribution in [-0.2, 0) is 0 Å². The van der Waals surface area contributed by atoms with Crippen molar-refractivity contribution in [2.24, 2.45) is 0 Å². The molecule has 0 saturated heterocycles. The summed E-state index contributed by atoms with van der Waals surface area (Å²) < 4.78 is 5.17. The Balaban J connectivity index is 2.96. The number of benzene rings is 1. The minimum absolute atomic E-state index is 0.0116. The van der Waals surface area contributed by atoms with Gasteiger partial charge in [-0.1, -0.05) is 11.6 Å². The molecule has 0 aliphatic rings. The molecule has 0 unspecified atom stereocenters. The molecule has 74 valence electrons. The second-order valence-electron chi connectivity index (χ2n) is 3.19. The summed E-state index contributed by atoms with van der Waals surface area (Å²) in [5.74, 6) is 0. The molecule has 1 aromatic carbocycles. The summed E-state index contributed by atoms with van der Waals surface area (Å²) in [7, 11) is 0. The molecule has 0 atom stereocenters. The van der Waals surface area contributed by atoms with Crippen molar-refractivity contribution in [3.63, 3.8) is 0 Å². The standard InChI is InChI=1S/C11H6ClNO2/c1-6-2-10-8(3-9(6)12)11(14)7(4-13)5-15-10/h2-3,5H,1H3. The van der Waals surface area contributed by atoms with Crippen LogP contribution < -0.4 is 5.43 Å². The van der Waals surface area contributed by atoms with Crippen molar-refractivity contribution in [3.8, 4) is 6.07 Å². The summed E-state index contributed by atoms with van der Waals surface area (Å²) >= 11 is 5.89. The molecule has 0 saturated carbocycles. The van der Waals surface area contributed by atoms with Crippen molar-refractivity contribution in [3.05, 3.63) is 44.8 Å². The summed E-state index contributed by atoms with van der Waals surface area (Å²) in [4.78, 5) is 11.7. The van der Waals surface area contributed by atoms with Crippen LogP contribution in [0.4, 0.5) is 0 Å². The normalized spacial score (nSPS) is 10.2. The Labute approximate surface area is 90.5 Å². The Bertz CT molecular complexity index is 637. The van der Waals surface area contributed by atoms with Gasteiger partial charge in [0.15, 0.2) is 0 Å². The molecule has 0 aliphatic heterocycles. The first-order valence-electron chi connectivity index (χ1n) is 4.25. The van der Waals surface area contributed by atoms with E-state index in [1.807, 2.05) is 6.92 Å². The number of hydrogen-bond donors (Lipinski definition) is 0. The van der Waals surface area contributed by atoms with E-state index in [-0.39, 0.29) is 11.0 Å². The van der Waals surface area contributed by atoms with Crippen molar-refractivity contribution in [2.45, 2.75) is 6.92 Å². The number of hydrogen-bond acceptors (Lipinski definition) is 3. The number of halogens is 1. The quantitative estimate of drug-likeness (QED) is 0.684. The second-order valence-corrected chi connectivity index (χ2v) is 3.60. The minimum Gasteiger partial charge on any atom is -0.463 e. The molecular formula is C11H6ClNO2. The highest BCUT2D eigenvalue weighted by Gasteiger charge is 2.08. The van der Waals surface area contributed by atoms with Gasteiger partial charge in [0.1, 0.15) is 23.5 Å². The van der Waals surface area contributed by atoms with Crippen molar-refractivity contribution in [1.29, 1.82) is 5.26 Å². The first kappa shape index (κ1) is 9.75. The van der Waals surface area contributed by atoms with Gasteiger partial charge in [0.05, 0.1) is 5.39 Å². The third-order valence-corrected chi connectivity index (χ3v) is 2.58. The van der Waals surface area contributed by atoms with E-state index in [4.69, 9.17) is 21.3 Å². The Hall–Kier alpha value is -1.79. The van der Waals surface area contributed by atoms with Crippen molar-refractivity contribution < 1.29 is 4.42 Å². The zero-order valence-electron chi connectivity index (χ0n) is 7.87. The fraction of sp³-hybridized carbons (Fsp3) is 0.0909. The molecule has 0 fully saturated rings. The molecule has 0 spiro atoms. The van der Waals surface area contributed by atoms with Crippen LogP contribution in [0.1, 0.15) is 11.1 Å². The summed E-state index contributed by atoms with van der Waals surface area (Å²) in [6.07, 6.45) is 1.16. The maximum absolute atomic E-state index is 11.7. The van der Waals surface area contributed by atoms with Gasteiger partial charge in [0, 0.05) is 5.02 Å². The molecule has 1 aromatic heterocycles. The predicted molar refractivity (Wildman–Crippen MR) is 56.9 cm³/mol. The van der Waals surface area contributed by atoms with Gasteiger partial charge in [-0.2, -0.15) is 5.26 Å². The first-order valence-corrected chi connectivity index (χ1v) is 4.63. The lowest BCUT2D eigenvalue weighted by atomic mass is 10.1. The summed E-state index contributed by atoms with van der Waals surface area (Å²) in [6.45, 7) is 1.82. The van der Waals surface area contributed by atoms with Crippen LogP contribution in [0.3, 0.4) is 0 Å². The van der Waals surface area contributed by atoms with E-state index in [1.165, 1.54) is 6.07 Å². The number of aryl methyl sites for hydroxylation is 1. The van der Waals surface area contributed by atoms with Crippen molar-refractivity contribution in [2.75, 3.05) is 0 Å². The molecule has 2 rings (SSSR count). The number of nitriles is 1. The topological polar surface area (TPSA) is 54.0 Å². The lowest BCUT2D eigenvalue weighted by molar-refractivity contribution is 0.600. The maximum atomic E-state index is 11.7. The lowest BCUT2D eigenvalue weighted by Crippen LogP contribution is -2.05. The molecule has 4 heteroatoms. The van der Waals surface area contributed by atoms with Gasteiger partial charge in [-0.3, -0.25) is 4.79 Å². The zero-order chi connectivity index (χ0) is 11.0. The average Bonchev–Trinajstić information content (AvgIpc) is 2.22.